The monoisotopic (exact) mass is 320 g/mol. The van der Waals surface area contributed by atoms with E-state index in [1.807, 2.05) is 0 Å². The molecular weight excluding hydrogens is 313 g/mol. The van der Waals surface area contributed by atoms with Gasteiger partial charge in [-0.15, -0.1) is 0 Å². The van der Waals surface area contributed by atoms with Crippen molar-refractivity contribution >= 4 is 16.9 Å². The zero-order valence-corrected chi connectivity index (χ0v) is 11.3. The van der Waals surface area contributed by atoms with Gasteiger partial charge in [-0.05, 0) is 18.2 Å². The fraction of sp³-hybridized carbons (Fsp3) is 0. The first kappa shape index (κ1) is 14.8. The molecule has 1 N–H and O–H groups in total. The fourth-order valence-corrected chi connectivity index (χ4v) is 2.30. The largest absolute Gasteiger partial charge is 0.478 e. The van der Waals surface area contributed by atoms with Crippen molar-refractivity contribution in [1.82, 2.24) is 0 Å². The van der Waals surface area contributed by atoms with E-state index in [9.17, 15) is 22.8 Å². The highest BCUT2D eigenvalue weighted by Gasteiger charge is 2.18. The lowest BCUT2D eigenvalue weighted by Crippen LogP contribution is -2.03. The molecule has 0 amide bonds. The summed E-state index contributed by atoms with van der Waals surface area (Å²) in [6.07, 6.45) is 0. The Labute approximate surface area is 126 Å². The normalized spacial score (nSPS) is 10.9. The zero-order valence-electron chi connectivity index (χ0n) is 11.3. The van der Waals surface area contributed by atoms with Crippen molar-refractivity contribution in [3.63, 3.8) is 0 Å². The Balaban J connectivity index is 2.43. The number of carboxylic acid groups (broad SMARTS) is 1. The molecule has 0 unspecified atom stereocenters. The minimum Gasteiger partial charge on any atom is -0.478 e. The van der Waals surface area contributed by atoms with Gasteiger partial charge in [0.05, 0.1) is 11.1 Å². The number of carbonyl (C=O) groups is 1. The molecule has 1 heterocycles. The lowest BCUT2D eigenvalue weighted by Gasteiger charge is -2.09. The van der Waals surface area contributed by atoms with Crippen molar-refractivity contribution in [2.75, 3.05) is 0 Å². The summed E-state index contributed by atoms with van der Waals surface area (Å²) in [4.78, 5) is 22.6. The average molecular weight is 320 g/mol. The molecule has 1 aromatic heterocycles. The second kappa shape index (κ2) is 5.28. The number of hydrogen-bond acceptors (Lipinski definition) is 3. The Bertz CT molecular complexity index is 985. The Morgan fingerprint density at radius 2 is 1.65 bits per heavy atom. The Hall–Kier alpha value is -3.09. The molecule has 0 aliphatic rings. The van der Waals surface area contributed by atoms with E-state index < -0.39 is 34.6 Å². The predicted octanol–water partition coefficient (Wildman–Crippen LogP) is 3.58. The van der Waals surface area contributed by atoms with Crippen LogP contribution in [0.3, 0.4) is 0 Å². The maximum absolute atomic E-state index is 14.0. The molecule has 0 spiro atoms. The summed E-state index contributed by atoms with van der Waals surface area (Å²) in [5.74, 6) is -4.79. The van der Waals surface area contributed by atoms with Gasteiger partial charge in [0.2, 0.25) is 0 Å². The average Bonchev–Trinajstić information content (AvgIpc) is 2.45. The number of fused-ring (bicyclic) bond motifs is 1. The molecule has 4 nitrogen and oxygen atoms in total. The number of aromatic carboxylic acids is 1. The van der Waals surface area contributed by atoms with Gasteiger partial charge in [0.25, 0.3) is 0 Å². The molecule has 0 aliphatic heterocycles. The van der Waals surface area contributed by atoms with Gasteiger partial charge in [0.1, 0.15) is 23.0 Å². The minimum atomic E-state index is -1.26. The fourth-order valence-electron chi connectivity index (χ4n) is 2.30. The summed E-state index contributed by atoms with van der Waals surface area (Å²) in [7, 11) is 0. The SMILES string of the molecule is O=C(O)c1ccc2oc(=O)cc(-c3c(F)cc(F)cc3F)c2c1. The van der Waals surface area contributed by atoms with Gasteiger partial charge >= 0.3 is 11.6 Å². The van der Waals surface area contributed by atoms with E-state index in [2.05, 4.69) is 0 Å². The summed E-state index contributed by atoms with van der Waals surface area (Å²) in [5.41, 5.74) is -1.92. The zero-order chi connectivity index (χ0) is 16.7. The van der Waals surface area contributed by atoms with Crippen LogP contribution in [-0.2, 0) is 0 Å². The van der Waals surface area contributed by atoms with Crippen molar-refractivity contribution in [1.29, 1.82) is 0 Å². The van der Waals surface area contributed by atoms with E-state index in [0.717, 1.165) is 12.1 Å². The van der Waals surface area contributed by atoms with Crippen molar-refractivity contribution in [3.05, 3.63) is 69.8 Å². The van der Waals surface area contributed by atoms with E-state index in [1.165, 1.54) is 12.1 Å². The van der Waals surface area contributed by atoms with Crippen LogP contribution < -0.4 is 5.63 Å². The van der Waals surface area contributed by atoms with E-state index in [0.29, 0.717) is 12.1 Å². The summed E-state index contributed by atoms with van der Waals surface area (Å²) >= 11 is 0. The van der Waals surface area contributed by atoms with Crippen LogP contribution in [0.5, 0.6) is 0 Å². The lowest BCUT2D eigenvalue weighted by atomic mass is 9.99. The van der Waals surface area contributed by atoms with Gasteiger partial charge in [0.15, 0.2) is 0 Å². The molecule has 0 saturated carbocycles. The van der Waals surface area contributed by atoms with Crippen LogP contribution >= 0.6 is 0 Å². The minimum absolute atomic E-state index is 0.0221. The van der Waals surface area contributed by atoms with Crippen molar-refractivity contribution in [2.24, 2.45) is 0 Å². The molecule has 3 rings (SSSR count). The Morgan fingerprint density at radius 3 is 2.26 bits per heavy atom. The summed E-state index contributed by atoms with van der Waals surface area (Å²) in [6, 6.07) is 5.29. The van der Waals surface area contributed by atoms with Crippen LogP contribution in [0.2, 0.25) is 0 Å². The first-order valence-corrected chi connectivity index (χ1v) is 6.33. The highest BCUT2D eigenvalue weighted by atomic mass is 19.1. The molecule has 0 radical (unpaired) electrons. The van der Waals surface area contributed by atoms with E-state index in [1.54, 1.807) is 0 Å². The first-order valence-electron chi connectivity index (χ1n) is 6.33. The molecule has 0 aliphatic carbocycles. The molecule has 0 atom stereocenters. The van der Waals surface area contributed by atoms with Crippen molar-refractivity contribution in [2.45, 2.75) is 0 Å². The predicted molar refractivity (Wildman–Crippen MR) is 74.8 cm³/mol. The summed E-state index contributed by atoms with van der Waals surface area (Å²) < 4.78 is 45.9. The van der Waals surface area contributed by atoms with Crippen LogP contribution in [-0.4, -0.2) is 11.1 Å². The van der Waals surface area contributed by atoms with Gasteiger partial charge < -0.3 is 9.52 Å². The number of carboxylic acids is 1. The number of rotatable bonds is 2. The second-order valence-corrected chi connectivity index (χ2v) is 4.74. The van der Waals surface area contributed by atoms with E-state index >= 15 is 0 Å². The van der Waals surface area contributed by atoms with E-state index in [4.69, 9.17) is 9.52 Å². The maximum Gasteiger partial charge on any atom is 0.336 e. The van der Waals surface area contributed by atoms with Crippen LogP contribution in [0, 0.1) is 17.5 Å². The van der Waals surface area contributed by atoms with Gasteiger partial charge in [-0.25, -0.2) is 22.8 Å². The van der Waals surface area contributed by atoms with Crippen molar-refractivity contribution in [3.8, 4) is 11.1 Å². The third-order valence-corrected chi connectivity index (χ3v) is 3.27. The maximum atomic E-state index is 14.0. The summed E-state index contributed by atoms with van der Waals surface area (Å²) in [5, 5.41) is 9.04. The molecule has 0 saturated heterocycles. The summed E-state index contributed by atoms with van der Waals surface area (Å²) in [6.45, 7) is 0. The van der Waals surface area contributed by atoms with Crippen LogP contribution in [0.1, 0.15) is 10.4 Å². The van der Waals surface area contributed by atoms with Crippen molar-refractivity contribution < 1.29 is 27.5 Å². The molecule has 2 aromatic carbocycles. The molecule has 0 fully saturated rings. The van der Waals surface area contributed by atoms with Gasteiger partial charge in [0, 0.05) is 29.1 Å². The number of hydrogen-bond donors (Lipinski definition) is 1. The van der Waals surface area contributed by atoms with Crippen LogP contribution in [0.15, 0.2) is 45.6 Å². The van der Waals surface area contributed by atoms with Crippen LogP contribution in [0.25, 0.3) is 22.1 Å². The second-order valence-electron chi connectivity index (χ2n) is 4.74. The third-order valence-electron chi connectivity index (χ3n) is 3.27. The van der Waals surface area contributed by atoms with Crippen LogP contribution in [0.4, 0.5) is 13.2 Å². The van der Waals surface area contributed by atoms with Gasteiger partial charge in [-0.2, -0.15) is 0 Å². The molecule has 7 heteroatoms. The number of benzene rings is 2. The first-order chi connectivity index (χ1) is 10.9. The smallest absolute Gasteiger partial charge is 0.336 e. The topological polar surface area (TPSA) is 67.5 Å². The molecular formula is C16H7F3O4. The number of halogens is 3. The molecule has 0 bridgehead atoms. The standard InChI is InChI=1S/C16H7F3O4/c17-8-4-11(18)15(12(19)5-8)10-6-14(20)23-13-2-1-7(16(21)22)3-9(10)13/h1-6H,(H,21,22). The third kappa shape index (κ3) is 2.57. The van der Waals surface area contributed by atoms with Gasteiger partial charge in [-0.1, -0.05) is 0 Å². The highest BCUT2D eigenvalue weighted by molar-refractivity contribution is 5.99. The quantitative estimate of drug-likeness (QED) is 0.733. The highest BCUT2D eigenvalue weighted by Crippen LogP contribution is 2.32. The Morgan fingerprint density at radius 1 is 1.00 bits per heavy atom. The van der Waals surface area contributed by atoms with Gasteiger partial charge in [-0.3, -0.25) is 0 Å². The van der Waals surface area contributed by atoms with E-state index in [-0.39, 0.29) is 22.1 Å². The molecule has 116 valence electrons. The lowest BCUT2D eigenvalue weighted by molar-refractivity contribution is 0.0697. The Kier molecular flexibility index (Phi) is 3.40. The molecule has 23 heavy (non-hydrogen) atoms. The molecule has 3 aromatic rings.